The monoisotopic (exact) mass is 281 g/mol. The minimum absolute atomic E-state index is 0.214. The van der Waals surface area contributed by atoms with Crippen molar-refractivity contribution in [2.75, 3.05) is 5.32 Å². The first-order valence-electron chi connectivity index (χ1n) is 6.66. The van der Waals surface area contributed by atoms with Gasteiger partial charge in [-0.25, -0.2) is 4.98 Å². The molecule has 1 aromatic carbocycles. The number of anilines is 1. The zero-order chi connectivity index (χ0) is 15.0. The van der Waals surface area contributed by atoms with Crippen molar-refractivity contribution in [2.45, 2.75) is 20.8 Å². The molecule has 0 fully saturated rings. The number of carbonyl (C=O) groups is 1. The van der Waals surface area contributed by atoms with E-state index in [1.54, 1.807) is 6.07 Å². The second-order valence-electron chi connectivity index (χ2n) is 5.12. The van der Waals surface area contributed by atoms with Crippen LogP contribution < -0.4 is 5.32 Å². The Hall–Kier alpha value is -2.69. The van der Waals surface area contributed by atoms with Gasteiger partial charge >= 0.3 is 0 Å². The average molecular weight is 281 g/mol. The van der Waals surface area contributed by atoms with Gasteiger partial charge in [-0.15, -0.1) is 0 Å². The van der Waals surface area contributed by atoms with E-state index in [0.717, 1.165) is 22.2 Å². The van der Waals surface area contributed by atoms with Crippen LogP contribution in [-0.4, -0.2) is 16.0 Å². The molecule has 0 unspecified atom stereocenters. The molecule has 0 bridgehead atoms. The Morgan fingerprint density at radius 2 is 2.00 bits per heavy atom. The van der Waals surface area contributed by atoms with Gasteiger partial charge in [0, 0.05) is 11.3 Å². The van der Waals surface area contributed by atoms with Gasteiger partial charge in [0.1, 0.15) is 0 Å². The summed E-state index contributed by atoms with van der Waals surface area (Å²) in [4.78, 5) is 16.5. The van der Waals surface area contributed by atoms with Crippen molar-refractivity contribution in [1.82, 2.24) is 10.1 Å². The molecule has 0 aliphatic rings. The number of carbonyl (C=O) groups excluding carboxylic acids is 1. The summed E-state index contributed by atoms with van der Waals surface area (Å²) in [7, 11) is 0. The fraction of sp³-hybridized carbons (Fsp3) is 0.188. The molecular weight excluding hydrogens is 266 g/mol. The zero-order valence-electron chi connectivity index (χ0n) is 12.1. The van der Waals surface area contributed by atoms with Gasteiger partial charge in [0.2, 0.25) is 0 Å². The quantitative estimate of drug-likeness (QED) is 0.781. The van der Waals surface area contributed by atoms with Gasteiger partial charge in [-0.05, 0) is 44.5 Å². The maximum atomic E-state index is 12.3. The summed E-state index contributed by atoms with van der Waals surface area (Å²) in [6.45, 7) is 5.77. The van der Waals surface area contributed by atoms with Gasteiger partial charge in [-0.3, -0.25) is 4.79 Å². The van der Waals surface area contributed by atoms with Crippen molar-refractivity contribution in [3.8, 4) is 0 Å². The lowest BCUT2D eigenvalue weighted by Crippen LogP contribution is -2.12. The van der Waals surface area contributed by atoms with Crippen LogP contribution in [0.15, 0.2) is 34.9 Å². The van der Waals surface area contributed by atoms with Crippen molar-refractivity contribution >= 4 is 22.8 Å². The molecule has 0 radical (unpaired) electrons. The summed E-state index contributed by atoms with van der Waals surface area (Å²) in [6.07, 6.45) is 0. The second-order valence-corrected chi connectivity index (χ2v) is 5.12. The van der Waals surface area contributed by atoms with Crippen LogP contribution in [0, 0.1) is 20.8 Å². The maximum absolute atomic E-state index is 12.3. The van der Waals surface area contributed by atoms with Gasteiger partial charge in [0.25, 0.3) is 11.6 Å². The number of fused-ring (bicyclic) bond motifs is 1. The molecule has 2 heterocycles. The van der Waals surface area contributed by atoms with Crippen molar-refractivity contribution in [2.24, 2.45) is 0 Å². The number of hydrogen-bond donors (Lipinski definition) is 1. The standard InChI is InChI=1S/C16H15N3O2/c1-9-5-4-6-12(7-9)15(20)18-14-13-10(2)8-11(3)17-16(13)21-19-14/h4-8H,1-3H3,(H,18,19,20). The number of rotatable bonds is 2. The van der Waals surface area contributed by atoms with E-state index < -0.39 is 0 Å². The molecule has 0 aliphatic carbocycles. The smallest absolute Gasteiger partial charge is 0.260 e. The maximum Gasteiger partial charge on any atom is 0.260 e. The van der Waals surface area contributed by atoms with E-state index >= 15 is 0 Å². The Labute approximate surface area is 122 Å². The molecule has 2 aromatic heterocycles. The van der Waals surface area contributed by atoms with Crippen LogP contribution in [0.4, 0.5) is 5.82 Å². The summed E-state index contributed by atoms with van der Waals surface area (Å²) in [6, 6.07) is 9.31. The zero-order valence-corrected chi connectivity index (χ0v) is 12.1. The number of pyridine rings is 1. The third kappa shape index (κ3) is 2.50. The number of hydrogen-bond acceptors (Lipinski definition) is 4. The molecule has 3 rings (SSSR count). The van der Waals surface area contributed by atoms with E-state index in [1.165, 1.54) is 0 Å². The lowest BCUT2D eigenvalue weighted by molar-refractivity contribution is 0.102. The van der Waals surface area contributed by atoms with Gasteiger partial charge in [0.05, 0.1) is 5.39 Å². The summed E-state index contributed by atoms with van der Waals surface area (Å²) in [5, 5.41) is 7.44. The fourth-order valence-electron chi connectivity index (χ4n) is 2.34. The summed E-state index contributed by atoms with van der Waals surface area (Å²) < 4.78 is 5.20. The average Bonchev–Trinajstić information content (AvgIpc) is 2.81. The number of aromatic nitrogens is 2. The normalized spacial score (nSPS) is 10.8. The number of aryl methyl sites for hydroxylation is 3. The number of amides is 1. The summed E-state index contributed by atoms with van der Waals surface area (Å²) >= 11 is 0. The first-order valence-corrected chi connectivity index (χ1v) is 6.66. The van der Waals surface area contributed by atoms with E-state index in [9.17, 15) is 4.79 Å². The van der Waals surface area contributed by atoms with E-state index in [-0.39, 0.29) is 5.91 Å². The molecule has 0 saturated carbocycles. The van der Waals surface area contributed by atoms with Gasteiger partial charge in [-0.2, -0.15) is 0 Å². The minimum Gasteiger partial charge on any atom is -0.334 e. The predicted octanol–water partition coefficient (Wildman–Crippen LogP) is 3.40. The topological polar surface area (TPSA) is 68.0 Å². The van der Waals surface area contributed by atoms with E-state index in [4.69, 9.17) is 4.52 Å². The number of nitrogens with zero attached hydrogens (tertiary/aromatic N) is 2. The first kappa shape index (κ1) is 13.3. The van der Waals surface area contributed by atoms with Crippen LogP contribution in [-0.2, 0) is 0 Å². The van der Waals surface area contributed by atoms with E-state index in [2.05, 4.69) is 15.5 Å². The third-order valence-electron chi connectivity index (χ3n) is 3.28. The molecule has 0 saturated heterocycles. The van der Waals surface area contributed by atoms with Crippen molar-refractivity contribution < 1.29 is 9.32 Å². The molecule has 0 aliphatic heterocycles. The van der Waals surface area contributed by atoms with Crippen molar-refractivity contribution in [3.63, 3.8) is 0 Å². The van der Waals surface area contributed by atoms with Gasteiger partial charge in [0.15, 0.2) is 5.82 Å². The second kappa shape index (κ2) is 5.01. The molecule has 21 heavy (non-hydrogen) atoms. The van der Waals surface area contributed by atoms with Crippen LogP contribution in [0.5, 0.6) is 0 Å². The van der Waals surface area contributed by atoms with Crippen LogP contribution in [0.2, 0.25) is 0 Å². The number of nitrogens with one attached hydrogen (secondary N) is 1. The van der Waals surface area contributed by atoms with Crippen molar-refractivity contribution in [3.05, 3.63) is 52.7 Å². The van der Waals surface area contributed by atoms with Crippen molar-refractivity contribution in [1.29, 1.82) is 0 Å². The van der Waals surface area contributed by atoms with Crippen LogP contribution in [0.3, 0.4) is 0 Å². The summed E-state index contributed by atoms with van der Waals surface area (Å²) in [5.74, 6) is 0.190. The third-order valence-corrected chi connectivity index (χ3v) is 3.28. The highest BCUT2D eigenvalue weighted by Gasteiger charge is 2.16. The molecule has 1 N–H and O–H groups in total. The van der Waals surface area contributed by atoms with Crippen LogP contribution in [0.1, 0.15) is 27.2 Å². The Balaban J connectivity index is 1.97. The lowest BCUT2D eigenvalue weighted by atomic mass is 10.1. The molecule has 3 aromatic rings. The fourth-order valence-corrected chi connectivity index (χ4v) is 2.34. The SMILES string of the molecule is Cc1cccc(C(=O)Nc2noc3nc(C)cc(C)c23)c1. The highest BCUT2D eigenvalue weighted by molar-refractivity contribution is 6.07. The Morgan fingerprint density at radius 1 is 1.19 bits per heavy atom. The first-order chi connectivity index (χ1) is 10.0. The van der Waals surface area contributed by atoms with E-state index in [1.807, 2.05) is 45.0 Å². The highest BCUT2D eigenvalue weighted by atomic mass is 16.5. The number of benzene rings is 1. The Kier molecular flexibility index (Phi) is 3.17. The highest BCUT2D eigenvalue weighted by Crippen LogP contribution is 2.25. The predicted molar refractivity (Wildman–Crippen MR) is 80.4 cm³/mol. The lowest BCUT2D eigenvalue weighted by Gasteiger charge is -2.04. The minimum atomic E-state index is -0.214. The molecule has 5 heteroatoms. The van der Waals surface area contributed by atoms with Crippen LogP contribution in [0.25, 0.3) is 11.1 Å². The molecule has 106 valence electrons. The largest absolute Gasteiger partial charge is 0.334 e. The molecule has 1 amide bonds. The van der Waals surface area contributed by atoms with E-state index in [0.29, 0.717) is 17.1 Å². The van der Waals surface area contributed by atoms with Gasteiger partial charge in [-0.1, -0.05) is 22.9 Å². The summed E-state index contributed by atoms with van der Waals surface area (Å²) in [5.41, 5.74) is 3.88. The molecule has 0 spiro atoms. The molecular formula is C16H15N3O2. The van der Waals surface area contributed by atoms with Crippen LogP contribution >= 0.6 is 0 Å². The molecule has 0 atom stereocenters. The Bertz CT molecular complexity index is 837. The van der Waals surface area contributed by atoms with Gasteiger partial charge < -0.3 is 9.84 Å². The Morgan fingerprint density at radius 3 is 2.76 bits per heavy atom. The molecule has 5 nitrogen and oxygen atoms in total.